The average molecular weight is 351 g/mol. The van der Waals surface area contributed by atoms with E-state index < -0.39 is 25.0 Å². The van der Waals surface area contributed by atoms with E-state index in [1.54, 1.807) is 42.5 Å². The summed E-state index contributed by atoms with van der Waals surface area (Å²) in [7, 11) is -2.00. The number of anilines is 1. The highest BCUT2D eigenvalue weighted by atomic mass is 35.5. The zero-order chi connectivity index (χ0) is 16.6. The van der Waals surface area contributed by atoms with Gasteiger partial charge in [-0.2, -0.15) is 0 Å². The molecule has 0 saturated carbocycles. The lowest BCUT2D eigenvalue weighted by molar-refractivity contribution is -0.118. The van der Waals surface area contributed by atoms with Gasteiger partial charge in [-0.3, -0.25) is 9.36 Å². The fourth-order valence-corrected chi connectivity index (χ4v) is 5.68. The van der Waals surface area contributed by atoms with E-state index in [1.165, 1.54) is 7.11 Å². The molecule has 2 aromatic rings. The van der Waals surface area contributed by atoms with Crippen molar-refractivity contribution in [1.82, 2.24) is 0 Å². The molecular formula is C16H16ClN2O3P. The normalized spacial score (nSPS) is 22.0. The number of halogens is 1. The van der Waals surface area contributed by atoms with E-state index >= 15 is 0 Å². The molecule has 0 radical (unpaired) electrons. The maximum atomic E-state index is 13.7. The van der Waals surface area contributed by atoms with Gasteiger partial charge >= 0.3 is 0 Å². The molecule has 1 heterocycles. The molecule has 3 atom stereocenters. The summed E-state index contributed by atoms with van der Waals surface area (Å²) in [5.41, 5.74) is 6.17. The molecular weight excluding hydrogens is 335 g/mol. The van der Waals surface area contributed by atoms with Gasteiger partial charge in [0.25, 0.3) is 0 Å². The van der Waals surface area contributed by atoms with Gasteiger partial charge in [-0.05, 0) is 35.9 Å². The number of nitrogens with two attached hydrogens (primary N) is 1. The SMILES string of the molecule is COP(=O)(c1ccccc1)C1c2cc(Cl)ccc2NC1C(N)=O. The molecule has 0 fully saturated rings. The van der Waals surface area contributed by atoms with Crippen molar-refractivity contribution in [3.63, 3.8) is 0 Å². The maximum absolute atomic E-state index is 13.7. The first kappa shape index (κ1) is 16.1. The van der Waals surface area contributed by atoms with Crippen LogP contribution >= 0.6 is 19.0 Å². The smallest absolute Gasteiger partial charge is 0.241 e. The summed E-state index contributed by atoms with van der Waals surface area (Å²) < 4.78 is 19.1. The lowest BCUT2D eigenvalue weighted by atomic mass is 10.1. The molecule has 0 aliphatic carbocycles. The fraction of sp³-hybridized carbons (Fsp3) is 0.188. The van der Waals surface area contributed by atoms with Crippen LogP contribution in [0.2, 0.25) is 5.02 Å². The molecule has 1 amide bonds. The number of rotatable bonds is 4. The second-order valence-corrected chi connectivity index (χ2v) is 8.38. The van der Waals surface area contributed by atoms with E-state index in [0.29, 0.717) is 21.6 Å². The van der Waals surface area contributed by atoms with Crippen LogP contribution in [0.1, 0.15) is 11.2 Å². The first-order valence-electron chi connectivity index (χ1n) is 7.04. The monoisotopic (exact) mass is 350 g/mol. The van der Waals surface area contributed by atoms with E-state index in [2.05, 4.69) is 5.32 Å². The van der Waals surface area contributed by atoms with E-state index in [1.807, 2.05) is 6.07 Å². The molecule has 3 N–H and O–H groups in total. The summed E-state index contributed by atoms with van der Waals surface area (Å²) in [6.07, 6.45) is 0. The predicted octanol–water partition coefficient (Wildman–Crippen LogP) is 2.91. The Morgan fingerprint density at radius 2 is 1.96 bits per heavy atom. The molecule has 1 aliphatic heterocycles. The molecule has 0 bridgehead atoms. The largest absolute Gasteiger partial charge is 0.372 e. The van der Waals surface area contributed by atoms with Crippen LogP contribution in [0, 0.1) is 0 Å². The summed E-state index contributed by atoms with van der Waals surface area (Å²) in [6, 6.07) is 13.2. The van der Waals surface area contributed by atoms with Gasteiger partial charge in [0, 0.05) is 23.1 Å². The van der Waals surface area contributed by atoms with Crippen LogP contribution < -0.4 is 16.4 Å². The molecule has 23 heavy (non-hydrogen) atoms. The zero-order valence-corrected chi connectivity index (χ0v) is 14.1. The second kappa shape index (κ2) is 6.00. The van der Waals surface area contributed by atoms with Crippen LogP contribution in [0.4, 0.5) is 5.69 Å². The van der Waals surface area contributed by atoms with Gasteiger partial charge in [0.2, 0.25) is 13.3 Å². The Hall–Kier alpha value is -1.81. The van der Waals surface area contributed by atoms with Gasteiger partial charge < -0.3 is 15.6 Å². The number of hydrogen-bond donors (Lipinski definition) is 2. The van der Waals surface area contributed by atoms with Gasteiger partial charge in [0.05, 0.1) is 5.66 Å². The predicted molar refractivity (Wildman–Crippen MR) is 91.5 cm³/mol. The van der Waals surface area contributed by atoms with Crippen LogP contribution in [0.5, 0.6) is 0 Å². The van der Waals surface area contributed by atoms with Crippen molar-refractivity contribution in [3.05, 3.63) is 59.1 Å². The van der Waals surface area contributed by atoms with Crippen molar-refractivity contribution < 1.29 is 13.9 Å². The van der Waals surface area contributed by atoms with Crippen molar-refractivity contribution in [2.45, 2.75) is 11.7 Å². The molecule has 3 unspecified atom stereocenters. The molecule has 7 heteroatoms. The third kappa shape index (κ3) is 2.65. The Kier molecular flexibility index (Phi) is 4.19. The molecule has 1 aliphatic rings. The van der Waals surface area contributed by atoms with Gasteiger partial charge in [0.1, 0.15) is 6.04 Å². The molecule has 0 saturated heterocycles. The van der Waals surface area contributed by atoms with Gasteiger partial charge in [-0.15, -0.1) is 0 Å². The van der Waals surface area contributed by atoms with E-state index in [0.717, 1.165) is 0 Å². The zero-order valence-electron chi connectivity index (χ0n) is 12.4. The lowest BCUT2D eigenvalue weighted by Gasteiger charge is -2.27. The summed E-state index contributed by atoms with van der Waals surface area (Å²) in [6.45, 7) is 0. The van der Waals surface area contributed by atoms with Crippen LogP contribution in [0.25, 0.3) is 0 Å². The number of fused-ring (bicyclic) bond motifs is 1. The Balaban J connectivity index is 2.20. The van der Waals surface area contributed by atoms with Crippen molar-refractivity contribution in [1.29, 1.82) is 0 Å². The number of carbonyl (C=O) groups excluding carboxylic acids is 1. The molecule has 3 rings (SSSR count). The Morgan fingerprint density at radius 3 is 2.57 bits per heavy atom. The molecule has 120 valence electrons. The minimum Gasteiger partial charge on any atom is -0.372 e. The standard InChI is InChI=1S/C16H16ClN2O3P/c1-22-23(21,11-5-3-2-4-6-11)15-12-9-10(17)7-8-13(12)19-14(15)16(18)20/h2-9,14-15,19H,1H3,(H2,18,20). The quantitative estimate of drug-likeness (QED) is 0.831. The fourth-order valence-electron chi connectivity index (χ4n) is 2.96. The number of carbonyl (C=O) groups is 1. The minimum atomic E-state index is -3.38. The lowest BCUT2D eigenvalue weighted by Crippen LogP contribution is -2.37. The maximum Gasteiger partial charge on any atom is 0.241 e. The summed E-state index contributed by atoms with van der Waals surface area (Å²) in [5, 5.41) is 4.07. The highest BCUT2D eigenvalue weighted by Crippen LogP contribution is 2.63. The topological polar surface area (TPSA) is 81.4 Å². The third-order valence-corrected chi connectivity index (χ3v) is 7.12. The van der Waals surface area contributed by atoms with Crippen LogP contribution in [0.3, 0.4) is 0 Å². The highest BCUT2D eigenvalue weighted by molar-refractivity contribution is 7.67. The van der Waals surface area contributed by atoms with Crippen LogP contribution in [0.15, 0.2) is 48.5 Å². The second-order valence-electron chi connectivity index (χ2n) is 5.32. The van der Waals surface area contributed by atoms with Crippen molar-refractivity contribution in [3.8, 4) is 0 Å². The van der Waals surface area contributed by atoms with E-state index in [-0.39, 0.29) is 0 Å². The number of amides is 1. The van der Waals surface area contributed by atoms with E-state index in [9.17, 15) is 9.36 Å². The van der Waals surface area contributed by atoms with Gasteiger partial charge in [-0.25, -0.2) is 0 Å². The summed E-state index contributed by atoms with van der Waals surface area (Å²) >= 11 is 6.08. The van der Waals surface area contributed by atoms with Crippen molar-refractivity contribution >= 4 is 35.9 Å². The number of benzene rings is 2. The Bertz CT molecular complexity index is 797. The van der Waals surface area contributed by atoms with Gasteiger partial charge in [0.15, 0.2) is 0 Å². The molecule has 0 spiro atoms. The Labute approximate surface area is 139 Å². The van der Waals surface area contributed by atoms with Crippen molar-refractivity contribution in [2.24, 2.45) is 5.73 Å². The average Bonchev–Trinajstić information content (AvgIpc) is 2.94. The number of hydrogen-bond acceptors (Lipinski definition) is 4. The molecule has 5 nitrogen and oxygen atoms in total. The van der Waals surface area contributed by atoms with Gasteiger partial charge in [-0.1, -0.05) is 29.8 Å². The Morgan fingerprint density at radius 1 is 1.26 bits per heavy atom. The molecule has 0 aromatic heterocycles. The summed E-state index contributed by atoms with van der Waals surface area (Å²) in [5.74, 6) is -0.587. The van der Waals surface area contributed by atoms with Crippen molar-refractivity contribution in [2.75, 3.05) is 12.4 Å². The van der Waals surface area contributed by atoms with Crippen LogP contribution in [-0.4, -0.2) is 19.1 Å². The van der Waals surface area contributed by atoms with E-state index in [4.69, 9.17) is 21.9 Å². The van der Waals surface area contributed by atoms with Crippen LogP contribution in [-0.2, 0) is 13.9 Å². The number of primary amides is 1. The summed E-state index contributed by atoms with van der Waals surface area (Å²) in [4.78, 5) is 11.9. The third-order valence-electron chi connectivity index (χ3n) is 4.02. The highest BCUT2D eigenvalue weighted by Gasteiger charge is 2.49. The number of nitrogens with one attached hydrogen (secondary N) is 1. The minimum absolute atomic E-state index is 0.497. The first-order valence-corrected chi connectivity index (χ1v) is 9.11. The first-order chi connectivity index (χ1) is 11.0. The molecule has 2 aromatic carbocycles.